The Labute approximate surface area is 295 Å². The number of carbonyl (C=O) groups is 7. The molecule has 0 fully saturated rings. The molecule has 1 unspecified atom stereocenters. The van der Waals surface area contributed by atoms with Crippen LogP contribution in [0.3, 0.4) is 0 Å². The van der Waals surface area contributed by atoms with Crippen molar-refractivity contribution in [1.29, 1.82) is 0 Å². The Kier molecular flexibility index (Phi) is 17.9. The summed E-state index contributed by atoms with van der Waals surface area (Å²) in [5.41, 5.74) is 0.874. The summed E-state index contributed by atoms with van der Waals surface area (Å²) in [5, 5.41) is 7.83. The third kappa shape index (κ3) is 13.6. The minimum Gasteiger partial charge on any atom is -0.467 e. The molecular weight excluding hydrogens is 646 g/mol. The van der Waals surface area contributed by atoms with E-state index in [4.69, 9.17) is 4.74 Å². The summed E-state index contributed by atoms with van der Waals surface area (Å²) >= 11 is 0. The predicted molar refractivity (Wildman–Crippen MR) is 187 cm³/mol. The summed E-state index contributed by atoms with van der Waals surface area (Å²) in [6.07, 6.45) is -0.303. The molecule has 1 rings (SSSR count). The number of ether oxygens (including phenoxy) is 2. The van der Waals surface area contributed by atoms with Gasteiger partial charge in [0.2, 0.25) is 23.6 Å². The maximum Gasteiger partial charge on any atom is 0.333 e. The minimum atomic E-state index is -1.16. The molecular formula is C36H55N5O9. The van der Waals surface area contributed by atoms with Gasteiger partial charge in [-0.05, 0) is 44.6 Å². The van der Waals surface area contributed by atoms with Crippen LogP contribution in [0.5, 0.6) is 0 Å². The number of hydrogen-bond donors (Lipinski definition) is 3. The first-order chi connectivity index (χ1) is 23.3. The average Bonchev–Trinajstić information content (AvgIpc) is 3.07. The fourth-order valence-electron chi connectivity index (χ4n) is 4.93. The van der Waals surface area contributed by atoms with Gasteiger partial charge < -0.3 is 35.2 Å². The molecule has 14 nitrogen and oxygen atoms in total. The van der Waals surface area contributed by atoms with Crippen LogP contribution in [-0.2, 0) is 49.5 Å². The number of likely N-dealkylation sites (N-methyl/N-ethyl adjacent to an activating group) is 2. The van der Waals surface area contributed by atoms with Gasteiger partial charge in [-0.1, -0.05) is 71.0 Å². The molecule has 0 aliphatic carbocycles. The lowest BCUT2D eigenvalue weighted by Gasteiger charge is -2.33. The molecule has 5 amide bonds. The van der Waals surface area contributed by atoms with E-state index in [2.05, 4.69) is 27.3 Å². The van der Waals surface area contributed by atoms with Gasteiger partial charge >= 0.3 is 11.9 Å². The molecule has 14 heteroatoms. The highest BCUT2D eigenvalue weighted by atomic mass is 16.5. The highest BCUT2D eigenvalue weighted by Gasteiger charge is 2.35. The van der Waals surface area contributed by atoms with E-state index >= 15 is 0 Å². The lowest BCUT2D eigenvalue weighted by Crippen LogP contribution is -2.57. The second-order valence-corrected chi connectivity index (χ2v) is 13.1. The smallest absolute Gasteiger partial charge is 0.333 e. The maximum atomic E-state index is 13.9. The molecule has 0 saturated carbocycles. The van der Waals surface area contributed by atoms with E-state index in [0.29, 0.717) is 6.42 Å². The summed E-state index contributed by atoms with van der Waals surface area (Å²) in [6, 6.07) is 4.88. The number of methoxy groups -OCH3 is 1. The number of carbonyl (C=O) groups excluding carboxylic acids is 7. The number of hydrogen-bond acceptors (Lipinski definition) is 9. The third-order valence-corrected chi connectivity index (χ3v) is 8.16. The van der Waals surface area contributed by atoms with Crippen molar-refractivity contribution < 1.29 is 43.0 Å². The van der Waals surface area contributed by atoms with Crippen molar-refractivity contribution in [2.45, 2.75) is 98.0 Å². The van der Waals surface area contributed by atoms with E-state index in [9.17, 15) is 33.6 Å². The number of benzene rings is 1. The van der Waals surface area contributed by atoms with Gasteiger partial charge in [0.05, 0.1) is 13.7 Å². The lowest BCUT2D eigenvalue weighted by molar-refractivity contribution is -0.154. The molecule has 0 bridgehead atoms. The minimum absolute atomic E-state index is 0.00349. The number of rotatable bonds is 19. The SMILES string of the molecule is C=C(C)C(=O)O[C@H](CC(C)C)C(=O)N[C@@H](C)C(=O)N(C)[C@H](Cc1ccccc1)C(=O)N(C)CC(=O)N[C@H](C(=O)N[C@H](C)C(=O)OC)C(C)CC. The summed E-state index contributed by atoms with van der Waals surface area (Å²) in [4.78, 5) is 93.4. The summed E-state index contributed by atoms with van der Waals surface area (Å²) in [6.45, 7) is 14.9. The maximum absolute atomic E-state index is 13.9. The summed E-state index contributed by atoms with van der Waals surface area (Å²) < 4.78 is 10.0. The number of esters is 2. The van der Waals surface area contributed by atoms with Crippen molar-refractivity contribution in [1.82, 2.24) is 25.8 Å². The van der Waals surface area contributed by atoms with Crippen LogP contribution in [0.4, 0.5) is 0 Å². The standard InChI is InChI=1S/C36H55N5O9/c1-12-23(6)30(32(44)38-25(8)36(48)49-11)39-29(42)20-40(9)34(46)27(19-26-16-14-13-15-17-26)41(10)33(45)24(7)37-31(43)28(18-21(2)3)50-35(47)22(4)5/h13-17,21,23-25,27-28,30H,4,12,18-20H2,1-3,5-11H3,(H,37,43)(H,38,44)(H,39,42)/t23?,24-,25+,27+,28+,30-/m0/s1. The van der Waals surface area contributed by atoms with Crippen molar-refractivity contribution >= 4 is 41.5 Å². The fraction of sp³-hybridized carbons (Fsp3) is 0.583. The van der Waals surface area contributed by atoms with Crippen molar-refractivity contribution in [2.75, 3.05) is 27.7 Å². The Balaban J connectivity index is 3.20. The second kappa shape index (κ2) is 20.7. The molecule has 0 aliphatic heterocycles. The molecule has 1 aromatic rings. The summed E-state index contributed by atoms with van der Waals surface area (Å²) in [7, 11) is 4.04. The Morgan fingerprint density at radius 2 is 1.42 bits per heavy atom. The molecule has 0 aliphatic rings. The topological polar surface area (TPSA) is 181 Å². The molecule has 3 N–H and O–H groups in total. The Bertz CT molecular complexity index is 1370. The first-order valence-electron chi connectivity index (χ1n) is 16.7. The normalized spacial score (nSPS) is 14.5. The van der Waals surface area contributed by atoms with Crippen LogP contribution in [0.15, 0.2) is 42.5 Å². The van der Waals surface area contributed by atoms with Crippen molar-refractivity contribution in [3.05, 3.63) is 48.0 Å². The van der Waals surface area contributed by atoms with E-state index in [0.717, 1.165) is 10.5 Å². The molecule has 278 valence electrons. The monoisotopic (exact) mass is 701 g/mol. The van der Waals surface area contributed by atoms with Gasteiger partial charge in [0.1, 0.15) is 24.2 Å². The average molecular weight is 702 g/mol. The number of nitrogens with one attached hydrogen (secondary N) is 3. The highest BCUT2D eigenvalue weighted by Crippen LogP contribution is 2.15. The van der Waals surface area contributed by atoms with Crippen LogP contribution in [0.25, 0.3) is 0 Å². The van der Waals surface area contributed by atoms with Gasteiger partial charge in [-0.15, -0.1) is 0 Å². The Morgan fingerprint density at radius 1 is 0.840 bits per heavy atom. The van der Waals surface area contributed by atoms with Crippen LogP contribution < -0.4 is 16.0 Å². The van der Waals surface area contributed by atoms with E-state index in [1.807, 2.05) is 26.8 Å². The first kappa shape index (κ1) is 43.3. The largest absolute Gasteiger partial charge is 0.467 e. The number of nitrogens with zero attached hydrogens (tertiary/aromatic N) is 2. The zero-order chi connectivity index (χ0) is 38.3. The Morgan fingerprint density at radius 3 is 1.94 bits per heavy atom. The zero-order valence-corrected chi connectivity index (χ0v) is 31.0. The van der Waals surface area contributed by atoms with Gasteiger partial charge in [0.15, 0.2) is 6.10 Å². The van der Waals surface area contributed by atoms with Crippen LogP contribution in [0.1, 0.15) is 66.9 Å². The zero-order valence-electron chi connectivity index (χ0n) is 31.0. The van der Waals surface area contributed by atoms with Crippen LogP contribution >= 0.6 is 0 Å². The number of amides is 5. The van der Waals surface area contributed by atoms with E-state index in [1.165, 1.54) is 46.9 Å². The molecule has 50 heavy (non-hydrogen) atoms. The van der Waals surface area contributed by atoms with Crippen molar-refractivity contribution in [3.63, 3.8) is 0 Å². The third-order valence-electron chi connectivity index (χ3n) is 8.16. The van der Waals surface area contributed by atoms with Gasteiger partial charge in [0.25, 0.3) is 5.91 Å². The van der Waals surface area contributed by atoms with Crippen LogP contribution in [-0.4, -0.2) is 109 Å². The van der Waals surface area contributed by atoms with Gasteiger partial charge in [-0.25, -0.2) is 9.59 Å². The molecule has 0 saturated heterocycles. The van der Waals surface area contributed by atoms with Gasteiger partial charge in [-0.2, -0.15) is 0 Å². The molecule has 0 spiro atoms. The second-order valence-electron chi connectivity index (χ2n) is 13.1. The molecule has 0 aromatic heterocycles. The molecule has 1 aromatic carbocycles. The van der Waals surface area contributed by atoms with Crippen LogP contribution in [0.2, 0.25) is 0 Å². The fourth-order valence-corrected chi connectivity index (χ4v) is 4.93. The predicted octanol–water partition coefficient (Wildman–Crippen LogP) is 1.76. The van der Waals surface area contributed by atoms with E-state index in [1.54, 1.807) is 31.2 Å². The van der Waals surface area contributed by atoms with Crippen LogP contribution in [0, 0.1) is 11.8 Å². The Hall–Kier alpha value is -4.75. The van der Waals surface area contributed by atoms with E-state index < -0.39 is 78.3 Å². The van der Waals surface area contributed by atoms with Crippen molar-refractivity contribution in [2.24, 2.45) is 11.8 Å². The molecule has 6 atom stereocenters. The highest BCUT2D eigenvalue weighted by molar-refractivity contribution is 5.96. The molecule has 0 radical (unpaired) electrons. The van der Waals surface area contributed by atoms with Gasteiger partial charge in [-0.3, -0.25) is 24.0 Å². The summed E-state index contributed by atoms with van der Waals surface area (Å²) in [5.74, 6) is -4.69. The molecule has 0 heterocycles. The first-order valence-corrected chi connectivity index (χ1v) is 16.7. The van der Waals surface area contributed by atoms with Gasteiger partial charge in [0, 0.05) is 26.1 Å². The quantitative estimate of drug-likeness (QED) is 0.143. The van der Waals surface area contributed by atoms with E-state index in [-0.39, 0.29) is 30.3 Å². The van der Waals surface area contributed by atoms with Crippen molar-refractivity contribution in [3.8, 4) is 0 Å². The lowest BCUT2D eigenvalue weighted by atomic mass is 9.98.